The van der Waals surface area contributed by atoms with Crippen molar-refractivity contribution >= 4 is 23.6 Å². The summed E-state index contributed by atoms with van der Waals surface area (Å²) in [5, 5.41) is 20.6. The Kier molecular flexibility index (Phi) is 7.11. The number of rotatable bonds is 8. The third kappa shape index (κ3) is 5.63. The Morgan fingerprint density at radius 1 is 1.30 bits per heavy atom. The van der Waals surface area contributed by atoms with Gasteiger partial charge in [0.05, 0.1) is 0 Å². The minimum absolute atomic E-state index is 0.0109. The number of carboxylic acids is 1. The van der Waals surface area contributed by atoms with Crippen molar-refractivity contribution in [3.05, 3.63) is 35.9 Å². The first-order chi connectivity index (χ1) is 9.54. The molecule has 0 aliphatic heterocycles. The van der Waals surface area contributed by atoms with Gasteiger partial charge in [-0.05, 0) is 12.0 Å². The van der Waals surface area contributed by atoms with Gasteiger partial charge in [0.2, 0.25) is 5.91 Å². The Hall–Kier alpha value is -1.53. The number of nitrogens with one attached hydrogen (secondary N) is 1. The van der Waals surface area contributed by atoms with E-state index >= 15 is 0 Å². The molecule has 1 aromatic carbocycles. The lowest BCUT2D eigenvalue weighted by molar-refractivity contribution is -0.140. The summed E-state index contributed by atoms with van der Waals surface area (Å²) >= 11 is 1.42. The molecular formula is C14H19NO4S. The molecule has 1 rings (SSSR count). The Morgan fingerprint density at radius 3 is 2.45 bits per heavy atom. The maximum atomic E-state index is 11.1. The van der Waals surface area contributed by atoms with Crippen LogP contribution in [-0.4, -0.2) is 40.5 Å². The zero-order chi connectivity index (χ0) is 15.0. The number of aliphatic hydroxyl groups is 1. The molecule has 0 saturated carbocycles. The molecule has 5 nitrogen and oxygen atoms in total. The number of hydrogen-bond donors (Lipinski definition) is 3. The summed E-state index contributed by atoms with van der Waals surface area (Å²) in [6, 6.07) is 8.69. The van der Waals surface area contributed by atoms with E-state index in [0.29, 0.717) is 6.42 Å². The largest absolute Gasteiger partial charge is 0.480 e. The van der Waals surface area contributed by atoms with Crippen LogP contribution in [0.4, 0.5) is 0 Å². The fraction of sp³-hybridized carbons (Fsp3) is 0.429. The van der Waals surface area contributed by atoms with Crippen molar-refractivity contribution in [3.63, 3.8) is 0 Å². The fourth-order valence-electron chi connectivity index (χ4n) is 1.76. The van der Waals surface area contributed by atoms with Gasteiger partial charge in [-0.2, -0.15) is 11.8 Å². The molecular weight excluding hydrogens is 278 g/mol. The van der Waals surface area contributed by atoms with E-state index in [-0.39, 0.29) is 23.5 Å². The van der Waals surface area contributed by atoms with Crippen LogP contribution < -0.4 is 5.32 Å². The highest BCUT2D eigenvalue weighted by molar-refractivity contribution is 7.99. The fourth-order valence-corrected chi connectivity index (χ4v) is 3.04. The Morgan fingerprint density at radius 2 is 1.95 bits per heavy atom. The average Bonchev–Trinajstić information content (AvgIpc) is 2.42. The lowest BCUT2D eigenvalue weighted by atomic mass is 10.1. The highest BCUT2D eigenvalue weighted by atomic mass is 32.2. The lowest BCUT2D eigenvalue weighted by Gasteiger charge is -2.19. The number of amides is 1. The van der Waals surface area contributed by atoms with Crippen LogP contribution in [0.15, 0.2) is 30.3 Å². The van der Waals surface area contributed by atoms with E-state index in [1.807, 2.05) is 30.3 Å². The van der Waals surface area contributed by atoms with Crippen molar-refractivity contribution in [2.45, 2.75) is 24.6 Å². The number of carbonyl (C=O) groups is 2. The number of aliphatic hydroxyl groups excluding tert-OH is 1. The van der Waals surface area contributed by atoms with Crippen LogP contribution in [0.5, 0.6) is 0 Å². The van der Waals surface area contributed by atoms with Gasteiger partial charge >= 0.3 is 5.97 Å². The zero-order valence-corrected chi connectivity index (χ0v) is 12.1. The van der Waals surface area contributed by atoms with Crippen LogP contribution in [-0.2, 0) is 9.59 Å². The molecule has 0 radical (unpaired) electrons. The lowest BCUT2D eigenvalue weighted by Crippen LogP contribution is -2.41. The molecule has 0 heterocycles. The van der Waals surface area contributed by atoms with Crippen molar-refractivity contribution in [1.29, 1.82) is 0 Å². The van der Waals surface area contributed by atoms with Crippen LogP contribution in [0.1, 0.15) is 24.2 Å². The van der Waals surface area contributed by atoms with Gasteiger partial charge in [-0.3, -0.25) is 4.79 Å². The van der Waals surface area contributed by atoms with Crippen LogP contribution in [0.25, 0.3) is 0 Å². The predicted molar refractivity (Wildman–Crippen MR) is 78.6 cm³/mol. The number of aliphatic carboxylic acids is 1. The number of carboxylic acid groups (broad SMARTS) is 1. The Bertz CT molecular complexity index is 438. The van der Waals surface area contributed by atoms with E-state index in [9.17, 15) is 9.59 Å². The first-order valence-corrected chi connectivity index (χ1v) is 7.36. The average molecular weight is 297 g/mol. The van der Waals surface area contributed by atoms with E-state index in [0.717, 1.165) is 5.56 Å². The first kappa shape index (κ1) is 16.5. The van der Waals surface area contributed by atoms with Gasteiger partial charge < -0.3 is 15.5 Å². The highest BCUT2D eigenvalue weighted by Gasteiger charge is 2.21. The molecule has 0 aliphatic carbocycles. The van der Waals surface area contributed by atoms with Crippen LogP contribution >= 0.6 is 11.8 Å². The Balaban J connectivity index is 2.66. The minimum Gasteiger partial charge on any atom is -0.480 e. The molecule has 1 unspecified atom stereocenters. The summed E-state index contributed by atoms with van der Waals surface area (Å²) in [7, 11) is 0. The zero-order valence-electron chi connectivity index (χ0n) is 11.3. The van der Waals surface area contributed by atoms with Crippen molar-refractivity contribution in [2.75, 3.05) is 12.4 Å². The van der Waals surface area contributed by atoms with Gasteiger partial charge in [0.25, 0.3) is 0 Å². The van der Waals surface area contributed by atoms with E-state index in [1.54, 1.807) is 0 Å². The number of carbonyl (C=O) groups excluding carboxylic acids is 1. The number of thioether (sulfide) groups is 1. The quantitative estimate of drug-likeness (QED) is 0.676. The summed E-state index contributed by atoms with van der Waals surface area (Å²) in [5.41, 5.74) is 1.04. The van der Waals surface area contributed by atoms with Crippen LogP contribution in [0, 0.1) is 0 Å². The monoisotopic (exact) mass is 297 g/mol. The molecule has 0 aliphatic rings. The predicted octanol–water partition coefficient (Wildman–Crippen LogP) is 1.43. The van der Waals surface area contributed by atoms with Crippen molar-refractivity contribution in [3.8, 4) is 0 Å². The SMILES string of the molecule is CC(=O)N[C@@H](CSC(CCO)c1ccccc1)C(=O)O. The van der Waals surface area contributed by atoms with Crippen LogP contribution in [0.2, 0.25) is 0 Å². The summed E-state index contributed by atoms with van der Waals surface area (Å²) in [4.78, 5) is 22.0. The van der Waals surface area contributed by atoms with Gasteiger partial charge in [0, 0.05) is 24.5 Å². The van der Waals surface area contributed by atoms with Crippen molar-refractivity contribution in [1.82, 2.24) is 5.32 Å². The molecule has 0 saturated heterocycles. The number of benzene rings is 1. The second-order valence-corrected chi connectivity index (χ2v) is 5.57. The van der Waals surface area contributed by atoms with Gasteiger partial charge in [-0.25, -0.2) is 4.79 Å². The molecule has 0 bridgehead atoms. The summed E-state index contributed by atoms with van der Waals surface area (Å²) < 4.78 is 0. The van der Waals surface area contributed by atoms with E-state index in [1.165, 1.54) is 18.7 Å². The third-order valence-electron chi connectivity index (χ3n) is 2.70. The van der Waals surface area contributed by atoms with Crippen molar-refractivity contribution < 1.29 is 19.8 Å². The van der Waals surface area contributed by atoms with Gasteiger partial charge in [0.1, 0.15) is 6.04 Å². The highest BCUT2D eigenvalue weighted by Crippen LogP contribution is 2.32. The van der Waals surface area contributed by atoms with Crippen molar-refractivity contribution in [2.24, 2.45) is 0 Å². The third-order valence-corrected chi connectivity index (χ3v) is 4.14. The second-order valence-electron chi connectivity index (χ2n) is 4.34. The van der Waals surface area contributed by atoms with E-state index in [4.69, 9.17) is 10.2 Å². The molecule has 3 N–H and O–H groups in total. The molecule has 6 heteroatoms. The standard InChI is InChI=1S/C14H19NO4S/c1-10(17)15-12(14(18)19)9-20-13(7-8-16)11-5-3-2-4-6-11/h2-6,12-13,16H,7-9H2,1H3,(H,15,17)(H,18,19)/t12-,13?/m0/s1. The normalized spacial score (nSPS) is 13.5. The molecule has 0 aromatic heterocycles. The summed E-state index contributed by atoms with van der Waals surface area (Å²) in [6.45, 7) is 1.33. The first-order valence-electron chi connectivity index (χ1n) is 6.32. The topological polar surface area (TPSA) is 86.6 Å². The maximum absolute atomic E-state index is 11.1. The molecule has 110 valence electrons. The summed E-state index contributed by atoms with van der Waals surface area (Å²) in [5.74, 6) is -1.16. The van der Waals surface area contributed by atoms with E-state index in [2.05, 4.69) is 5.32 Å². The number of hydrogen-bond acceptors (Lipinski definition) is 4. The maximum Gasteiger partial charge on any atom is 0.327 e. The van der Waals surface area contributed by atoms with Gasteiger partial charge in [-0.15, -0.1) is 0 Å². The second kappa shape index (κ2) is 8.60. The molecule has 2 atom stereocenters. The molecule has 0 fully saturated rings. The molecule has 1 aromatic rings. The van der Waals surface area contributed by atoms with Gasteiger partial charge in [0.15, 0.2) is 0 Å². The molecule has 1 amide bonds. The molecule has 0 spiro atoms. The Labute approximate surface area is 122 Å². The molecule has 20 heavy (non-hydrogen) atoms. The minimum atomic E-state index is -1.05. The summed E-state index contributed by atoms with van der Waals surface area (Å²) in [6.07, 6.45) is 0.543. The van der Waals surface area contributed by atoms with E-state index < -0.39 is 12.0 Å². The smallest absolute Gasteiger partial charge is 0.327 e. The van der Waals surface area contributed by atoms with Crippen LogP contribution in [0.3, 0.4) is 0 Å². The van der Waals surface area contributed by atoms with Gasteiger partial charge in [-0.1, -0.05) is 30.3 Å².